The average molecular weight is 316 g/mol. The summed E-state index contributed by atoms with van der Waals surface area (Å²) in [5, 5.41) is 0. The second-order valence-electron chi connectivity index (χ2n) is 4.67. The van der Waals surface area contributed by atoms with Crippen LogP contribution in [0, 0.1) is 0 Å². The molecule has 0 N–H and O–H groups in total. The summed E-state index contributed by atoms with van der Waals surface area (Å²) in [6, 6.07) is 10.5. The molecule has 2 atom stereocenters. The van der Waals surface area contributed by atoms with Crippen LogP contribution in [0.5, 0.6) is 0 Å². The highest BCUT2D eigenvalue weighted by Crippen LogP contribution is 2.40. The van der Waals surface area contributed by atoms with Gasteiger partial charge >= 0.3 is 0 Å². The number of hydrogen-bond donors (Lipinski definition) is 0. The quantitative estimate of drug-likeness (QED) is 0.589. The molecule has 1 aliphatic heterocycles. The van der Waals surface area contributed by atoms with Gasteiger partial charge in [0.2, 0.25) is 0 Å². The van der Waals surface area contributed by atoms with Gasteiger partial charge in [-0.3, -0.25) is 0 Å². The van der Waals surface area contributed by atoms with Crippen molar-refractivity contribution >= 4 is 22.6 Å². The first-order valence-electron chi connectivity index (χ1n) is 5.46. The molecular weight excluding hydrogens is 299 g/mol. The van der Waals surface area contributed by atoms with Gasteiger partial charge in [0.05, 0.1) is 12.2 Å². The van der Waals surface area contributed by atoms with E-state index in [4.69, 9.17) is 4.74 Å². The molecule has 2 heteroatoms. The lowest BCUT2D eigenvalue weighted by atomic mass is 10.0. The minimum atomic E-state index is 0.237. The molecule has 1 heterocycles. The number of ether oxygens (including phenoxy) is 1. The van der Waals surface area contributed by atoms with E-state index in [2.05, 4.69) is 66.8 Å². The fourth-order valence-corrected chi connectivity index (χ4v) is 2.51. The Balaban J connectivity index is 2.05. The Morgan fingerprint density at radius 1 is 1.20 bits per heavy atom. The van der Waals surface area contributed by atoms with E-state index >= 15 is 0 Å². The molecule has 1 aromatic rings. The van der Waals surface area contributed by atoms with Crippen LogP contribution in [0.4, 0.5) is 0 Å². The van der Waals surface area contributed by atoms with Crippen molar-refractivity contribution in [2.45, 2.75) is 42.3 Å². The maximum Gasteiger partial charge on any atom is 0.0830 e. The molecular formula is C13H17IO. The van der Waals surface area contributed by atoms with Gasteiger partial charge in [-0.15, -0.1) is 0 Å². The standard InChI is InChI=1S/C13H17IO/c1-13(2,14)12-9-8-11(15-12)10-6-4-3-5-7-10/h3-7,11-12H,8-9H2,1-2H3/t11-,12-/m1/s1. The zero-order valence-electron chi connectivity index (χ0n) is 9.24. The molecule has 0 aliphatic carbocycles. The molecule has 0 aromatic heterocycles. The van der Waals surface area contributed by atoms with Crippen molar-refractivity contribution in [3.63, 3.8) is 0 Å². The van der Waals surface area contributed by atoms with Crippen molar-refractivity contribution in [3.8, 4) is 0 Å². The lowest BCUT2D eigenvalue weighted by molar-refractivity contribution is 0.0319. The van der Waals surface area contributed by atoms with Gasteiger partial charge in [0, 0.05) is 3.42 Å². The summed E-state index contributed by atoms with van der Waals surface area (Å²) in [7, 11) is 0. The Kier molecular flexibility index (Phi) is 3.36. The van der Waals surface area contributed by atoms with Crippen molar-refractivity contribution in [2.24, 2.45) is 0 Å². The van der Waals surface area contributed by atoms with Crippen LogP contribution in [0.2, 0.25) is 0 Å². The van der Waals surface area contributed by atoms with Gasteiger partial charge in [-0.2, -0.15) is 0 Å². The molecule has 1 aliphatic rings. The van der Waals surface area contributed by atoms with E-state index in [1.165, 1.54) is 12.0 Å². The van der Waals surface area contributed by atoms with E-state index in [9.17, 15) is 0 Å². The third-order valence-corrected chi connectivity index (χ3v) is 3.65. The van der Waals surface area contributed by atoms with E-state index in [-0.39, 0.29) is 3.42 Å². The minimum Gasteiger partial charge on any atom is -0.369 e. The molecule has 1 aromatic carbocycles. The van der Waals surface area contributed by atoms with Gasteiger partial charge in [0.25, 0.3) is 0 Å². The number of rotatable bonds is 2. The van der Waals surface area contributed by atoms with Gasteiger partial charge in [-0.1, -0.05) is 52.9 Å². The number of benzene rings is 1. The summed E-state index contributed by atoms with van der Waals surface area (Å²) < 4.78 is 6.34. The van der Waals surface area contributed by atoms with Crippen molar-refractivity contribution in [1.82, 2.24) is 0 Å². The molecule has 15 heavy (non-hydrogen) atoms. The summed E-state index contributed by atoms with van der Waals surface area (Å²) in [4.78, 5) is 0. The Morgan fingerprint density at radius 3 is 2.40 bits per heavy atom. The lowest BCUT2D eigenvalue weighted by Crippen LogP contribution is -2.28. The van der Waals surface area contributed by atoms with Gasteiger partial charge in [0.15, 0.2) is 0 Å². The van der Waals surface area contributed by atoms with Crippen LogP contribution in [0.15, 0.2) is 30.3 Å². The highest BCUT2D eigenvalue weighted by atomic mass is 127. The summed E-state index contributed by atoms with van der Waals surface area (Å²) in [5.41, 5.74) is 1.32. The molecule has 0 amide bonds. The van der Waals surface area contributed by atoms with E-state index < -0.39 is 0 Å². The van der Waals surface area contributed by atoms with Crippen molar-refractivity contribution < 1.29 is 4.74 Å². The Labute approximate surface area is 105 Å². The summed E-state index contributed by atoms with van der Waals surface area (Å²) in [6.45, 7) is 4.48. The normalized spacial score (nSPS) is 26.9. The van der Waals surface area contributed by atoms with Crippen molar-refractivity contribution in [2.75, 3.05) is 0 Å². The van der Waals surface area contributed by atoms with Crippen LogP contribution in [0.25, 0.3) is 0 Å². The van der Waals surface area contributed by atoms with Gasteiger partial charge in [0.1, 0.15) is 0 Å². The Bertz CT molecular complexity index is 315. The average Bonchev–Trinajstić information content (AvgIpc) is 2.67. The maximum absolute atomic E-state index is 6.10. The van der Waals surface area contributed by atoms with Crippen molar-refractivity contribution in [3.05, 3.63) is 35.9 Å². The molecule has 1 fully saturated rings. The molecule has 1 nitrogen and oxygen atoms in total. The van der Waals surface area contributed by atoms with Gasteiger partial charge in [-0.25, -0.2) is 0 Å². The summed E-state index contributed by atoms with van der Waals surface area (Å²) >= 11 is 2.48. The fourth-order valence-electron chi connectivity index (χ4n) is 2.06. The fraction of sp³-hybridized carbons (Fsp3) is 0.538. The van der Waals surface area contributed by atoms with Crippen LogP contribution >= 0.6 is 22.6 Å². The van der Waals surface area contributed by atoms with Gasteiger partial charge < -0.3 is 4.74 Å². The highest BCUT2D eigenvalue weighted by Gasteiger charge is 2.35. The number of alkyl halides is 1. The third-order valence-electron chi connectivity index (χ3n) is 2.96. The molecule has 0 radical (unpaired) electrons. The monoisotopic (exact) mass is 316 g/mol. The topological polar surface area (TPSA) is 9.23 Å². The molecule has 0 spiro atoms. The van der Waals surface area contributed by atoms with E-state index in [0.717, 1.165) is 6.42 Å². The van der Waals surface area contributed by atoms with Crippen LogP contribution in [0.3, 0.4) is 0 Å². The smallest absolute Gasteiger partial charge is 0.0830 e. The van der Waals surface area contributed by atoms with E-state index in [1.54, 1.807) is 0 Å². The van der Waals surface area contributed by atoms with Crippen molar-refractivity contribution in [1.29, 1.82) is 0 Å². The summed E-state index contributed by atoms with van der Waals surface area (Å²) in [5.74, 6) is 0. The Morgan fingerprint density at radius 2 is 1.87 bits per heavy atom. The SMILES string of the molecule is CC(C)(I)[C@H]1CC[C@H](c2ccccc2)O1. The first-order valence-corrected chi connectivity index (χ1v) is 6.54. The van der Waals surface area contributed by atoms with Gasteiger partial charge in [-0.05, 0) is 32.3 Å². The second kappa shape index (κ2) is 4.42. The Hall–Kier alpha value is -0.0900. The van der Waals surface area contributed by atoms with E-state index in [1.807, 2.05) is 0 Å². The van der Waals surface area contributed by atoms with Crippen LogP contribution in [0.1, 0.15) is 38.4 Å². The first kappa shape index (κ1) is 11.4. The van der Waals surface area contributed by atoms with Crippen LogP contribution < -0.4 is 0 Å². The highest BCUT2D eigenvalue weighted by molar-refractivity contribution is 14.1. The molecule has 0 bridgehead atoms. The number of halogens is 1. The molecule has 0 saturated carbocycles. The predicted molar refractivity (Wildman–Crippen MR) is 71.4 cm³/mol. The second-order valence-corrected chi connectivity index (χ2v) is 7.45. The first-order chi connectivity index (χ1) is 7.07. The lowest BCUT2D eigenvalue weighted by Gasteiger charge is -2.25. The predicted octanol–water partition coefficient (Wildman–Crippen LogP) is 4.12. The maximum atomic E-state index is 6.10. The third kappa shape index (κ3) is 2.72. The summed E-state index contributed by atoms with van der Waals surface area (Å²) in [6.07, 6.45) is 3.03. The molecule has 1 saturated heterocycles. The zero-order chi connectivity index (χ0) is 10.9. The largest absolute Gasteiger partial charge is 0.369 e. The van der Waals surface area contributed by atoms with Crippen LogP contribution in [-0.4, -0.2) is 9.53 Å². The number of hydrogen-bond acceptors (Lipinski definition) is 1. The molecule has 2 rings (SSSR count). The van der Waals surface area contributed by atoms with Crippen LogP contribution in [-0.2, 0) is 4.74 Å². The zero-order valence-corrected chi connectivity index (χ0v) is 11.4. The molecule has 82 valence electrons. The molecule has 0 unspecified atom stereocenters. The minimum absolute atomic E-state index is 0.237. The van der Waals surface area contributed by atoms with E-state index in [0.29, 0.717) is 12.2 Å².